The van der Waals surface area contributed by atoms with Gasteiger partial charge in [0.1, 0.15) is 0 Å². The molecule has 0 saturated carbocycles. The van der Waals surface area contributed by atoms with Gasteiger partial charge in [0.15, 0.2) is 23.2 Å². The highest BCUT2D eigenvalue weighted by atomic mass is 35.5. The number of nitrogens with one attached hydrogen (secondary N) is 2. The molecule has 2 aromatic rings. The number of likely N-dealkylation sites (N-methyl/N-ethyl adjacent to an activating group) is 1. The first-order chi connectivity index (χ1) is 14.7. The number of rotatable bonds is 8. The zero-order chi connectivity index (χ0) is 23.0. The normalized spacial score (nSPS) is 10.6. The van der Waals surface area contributed by atoms with Crippen LogP contribution in [-0.2, 0) is 4.79 Å². The Labute approximate surface area is 201 Å². The van der Waals surface area contributed by atoms with Crippen molar-refractivity contribution in [3.63, 3.8) is 0 Å². The molecule has 0 bridgehead atoms. The van der Waals surface area contributed by atoms with E-state index >= 15 is 0 Å². The third-order valence-corrected chi connectivity index (χ3v) is 4.75. The second-order valence-corrected chi connectivity index (χ2v) is 7.95. The molecule has 7 nitrogen and oxygen atoms in total. The number of benzene rings is 2. The van der Waals surface area contributed by atoms with Crippen molar-refractivity contribution in [1.82, 2.24) is 10.3 Å². The van der Waals surface area contributed by atoms with Crippen LogP contribution in [0.1, 0.15) is 12.5 Å². The molecule has 0 saturated heterocycles. The molecule has 31 heavy (non-hydrogen) atoms. The molecular weight excluding hydrogens is 483 g/mol. The number of carbonyl (C=O) groups excluding carboxylic acids is 1. The number of hydrazone groups is 1. The summed E-state index contributed by atoms with van der Waals surface area (Å²) in [5.74, 6) is 0.491. The molecule has 0 aliphatic carbocycles. The lowest BCUT2D eigenvalue weighted by Gasteiger charge is -2.16. The first-order valence-electron chi connectivity index (χ1n) is 9.05. The summed E-state index contributed by atoms with van der Waals surface area (Å²) in [4.78, 5) is 13.2. The van der Waals surface area contributed by atoms with Crippen molar-refractivity contribution in [1.29, 1.82) is 0 Å². The van der Waals surface area contributed by atoms with Gasteiger partial charge in [-0.25, -0.2) is 0 Å². The van der Waals surface area contributed by atoms with Crippen molar-refractivity contribution in [3.8, 4) is 11.5 Å². The lowest BCUT2D eigenvalue weighted by atomic mass is 10.2. The Morgan fingerprint density at radius 3 is 2.55 bits per heavy atom. The van der Waals surface area contributed by atoms with Gasteiger partial charge in [-0.3, -0.25) is 10.2 Å². The third-order valence-electron chi connectivity index (χ3n) is 3.73. The van der Waals surface area contributed by atoms with E-state index in [0.717, 1.165) is 0 Å². The third kappa shape index (κ3) is 7.74. The Morgan fingerprint density at radius 2 is 1.90 bits per heavy atom. The van der Waals surface area contributed by atoms with Crippen LogP contribution in [0.2, 0.25) is 15.1 Å². The molecule has 11 heteroatoms. The van der Waals surface area contributed by atoms with Gasteiger partial charge >= 0.3 is 0 Å². The maximum absolute atomic E-state index is 11.8. The number of anilines is 1. The van der Waals surface area contributed by atoms with Crippen molar-refractivity contribution in [3.05, 3.63) is 51.0 Å². The van der Waals surface area contributed by atoms with Gasteiger partial charge in [0.25, 0.3) is 5.91 Å². The van der Waals surface area contributed by atoms with E-state index in [4.69, 9.17) is 56.5 Å². The fourth-order valence-electron chi connectivity index (χ4n) is 2.24. The van der Waals surface area contributed by atoms with Gasteiger partial charge < -0.3 is 19.7 Å². The molecule has 166 valence electrons. The molecule has 0 aliphatic heterocycles. The van der Waals surface area contributed by atoms with E-state index in [1.54, 1.807) is 44.4 Å². The van der Waals surface area contributed by atoms with Crippen molar-refractivity contribution in [2.24, 2.45) is 5.10 Å². The Kier molecular flexibility index (Phi) is 9.64. The molecule has 0 radical (unpaired) electrons. The summed E-state index contributed by atoms with van der Waals surface area (Å²) in [6, 6.07) is 8.33. The van der Waals surface area contributed by atoms with Crippen LogP contribution < -0.4 is 20.2 Å². The van der Waals surface area contributed by atoms with E-state index in [1.165, 1.54) is 11.1 Å². The van der Waals surface area contributed by atoms with E-state index in [1.807, 2.05) is 6.92 Å². The first-order valence-corrected chi connectivity index (χ1v) is 10.6. The number of hydrogen-bond donors (Lipinski definition) is 2. The summed E-state index contributed by atoms with van der Waals surface area (Å²) in [6.45, 7) is 2.06. The van der Waals surface area contributed by atoms with E-state index in [0.29, 0.717) is 39.4 Å². The summed E-state index contributed by atoms with van der Waals surface area (Å²) in [5, 5.41) is 8.48. The largest absolute Gasteiger partial charge is 0.490 e. The second kappa shape index (κ2) is 12.0. The zero-order valence-corrected chi connectivity index (χ0v) is 20.1. The summed E-state index contributed by atoms with van der Waals surface area (Å²) >= 11 is 23.5. The summed E-state index contributed by atoms with van der Waals surface area (Å²) < 4.78 is 11.2. The van der Waals surface area contributed by atoms with Crippen molar-refractivity contribution >= 4 is 69.9 Å². The summed E-state index contributed by atoms with van der Waals surface area (Å²) in [5.41, 5.74) is 3.92. The van der Waals surface area contributed by atoms with Crippen LogP contribution in [0.4, 0.5) is 5.69 Å². The lowest BCUT2D eigenvalue weighted by molar-refractivity contribution is -0.130. The molecule has 0 atom stereocenters. The Bertz CT molecular complexity index is 986. The van der Waals surface area contributed by atoms with Gasteiger partial charge in [-0.2, -0.15) is 5.10 Å². The lowest BCUT2D eigenvalue weighted by Crippen LogP contribution is -2.27. The van der Waals surface area contributed by atoms with Crippen LogP contribution in [0, 0.1) is 0 Å². The predicted octanol–water partition coefficient (Wildman–Crippen LogP) is 4.83. The molecule has 0 aromatic heterocycles. The Morgan fingerprint density at radius 1 is 1.16 bits per heavy atom. The number of ether oxygens (including phenoxy) is 2. The van der Waals surface area contributed by atoms with Gasteiger partial charge in [0.2, 0.25) is 0 Å². The maximum atomic E-state index is 11.8. The number of hydrogen-bond acceptors (Lipinski definition) is 5. The molecule has 0 fully saturated rings. The van der Waals surface area contributed by atoms with Crippen LogP contribution in [0.3, 0.4) is 0 Å². The average molecular weight is 504 g/mol. The highest BCUT2D eigenvalue weighted by molar-refractivity contribution is 7.80. The topological polar surface area (TPSA) is 75.2 Å². The van der Waals surface area contributed by atoms with Gasteiger partial charge in [-0.1, -0.05) is 34.8 Å². The molecule has 0 aliphatic rings. The monoisotopic (exact) mass is 502 g/mol. The van der Waals surface area contributed by atoms with Gasteiger partial charge in [-0.05, 0) is 55.0 Å². The smallest absolute Gasteiger partial charge is 0.259 e. The molecule has 0 heterocycles. The molecular formula is C20H21Cl3N4O3S. The number of halogens is 3. The molecule has 2 N–H and O–H groups in total. The highest BCUT2D eigenvalue weighted by Gasteiger charge is 2.14. The molecule has 2 rings (SSSR count). The van der Waals surface area contributed by atoms with Crippen LogP contribution in [0.15, 0.2) is 35.4 Å². The minimum absolute atomic E-state index is 0.158. The fourth-order valence-corrected chi connectivity index (χ4v) is 3.13. The van der Waals surface area contributed by atoms with E-state index in [9.17, 15) is 4.79 Å². The second-order valence-electron chi connectivity index (χ2n) is 6.29. The van der Waals surface area contributed by atoms with Gasteiger partial charge in [0.05, 0.1) is 28.6 Å². The Hall–Kier alpha value is -2.26. The van der Waals surface area contributed by atoms with E-state index < -0.39 is 0 Å². The van der Waals surface area contributed by atoms with Crippen molar-refractivity contribution in [2.45, 2.75) is 6.92 Å². The fraction of sp³-hybridized carbons (Fsp3) is 0.250. The number of thiocarbonyl (C=S) groups is 1. The van der Waals surface area contributed by atoms with E-state index in [2.05, 4.69) is 15.8 Å². The van der Waals surface area contributed by atoms with Crippen LogP contribution in [-0.4, -0.2) is 49.4 Å². The number of nitrogens with zero attached hydrogens (tertiary/aromatic N) is 2. The quantitative estimate of drug-likeness (QED) is 0.305. The van der Waals surface area contributed by atoms with E-state index in [-0.39, 0.29) is 22.6 Å². The maximum Gasteiger partial charge on any atom is 0.259 e. The summed E-state index contributed by atoms with van der Waals surface area (Å²) in [7, 11) is 3.28. The number of amides is 1. The van der Waals surface area contributed by atoms with Crippen molar-refractivity contribution in [2.75, 3.05) is 32.6 Å². The van der Waals surface area contributed by atoms with Crippen LogP contribution in [0.25, 0.3) is 0 Å². The molecule has 1 amide bonds. The van der Waals surface area contributed by atoms with Gasteiger partial charge in [-0.15, -0.1) is 0 Å². The SMILES string of the molecule is CCOc1cc(/C=N\NC(=S)Nc2ccc(Cl)cc2Cl)cc(Cl)c1OCC(=O)N(C)C. The minimum Gasteiger partial charge on any atom is -0.490 e. The highest BCUT2D eigenvalue weighted by Crippen LogP contribution is 2.36. The van der Waals surface area contributed by atoms with Crippen LogP contribution >= 0.6 is 47.0 Å². The minimum atomic E-state index is -0.199. The first kappa shape index (κ1) is 25.0. The standard InChI is InChI=1S/C20H21Cl3N4O3S/c1-4-29-17-8-12(7-15(23)19(17)30-11-18(28)27(2)3)10-24-26-20(31)25-16-6-5-13(21)9-14(16)22/h5-10H,4,11H2,1-3H3,(H2,25,26,31)/b24-10-. The molecule has 2 aromatic carbocycles. The van der Waals surface area contributed by atoms with Crippen molar-refractivity contribution < 1.29 is 14.3 Å². The Balaban J connectivity index is 2.07. The molecule has 0 spiro atoms. The summed E-state index contributed by atoms with van der Waals surface area (Å²) in [6.07, 6.45) is 1.51. The van der Waals surface area contributed by atoms with Crippen LogP contribution in [0.5, 0.6) is 11.5 Å². The number of carbonyl (C=O) groups is 1. The average Bonchev–Trinajstić information content (AvgIpc) is 2.69. The zero-order valence-electron chi connectivity index (χ0n) is 17.0. The van der Waals surface area contributed by atoms with Gasteiger partial charge in [0, 0.05) is 19.1 Å². The predicted molar refractivity (Wildman–Crippen MR) is 130 cm³/mol. The molecule has 0 unspecified atom stereocenters.